The summed E-state index contributed by atoms with van der Waals surface area (Å²) in [6.07, 6.45) is -1.59. The molecular weight excluding hydrogens is 423 g/mol. The highest BCUT2D eigenvalue weighted by molar-refractivity contribution is 5.98. The van der Waals surface area contributed by atoms with Gasteiger partial charge in [0.25, 0.3) is 11.5 Å². The molecule has 0 bridgehead atoms. The predicted molar refractivity (Wildman–Crippen MR) is 111 cm³/mol. The van der Waals surface area contributed by atoms with Gasteiger partial charge in [-0.2, -0.15) is 18.3 Å². The van der Waals surface area contributed by atoms with Gasteiger partial charge in [0.1, 0.15) is 11.3 Å². The fourth-order valence-corrected chi connectivity index (χ4v) is 4.08. The van der Waals surface area contributed by atoms with E-state index in [-0.39, 0.29) is 22.7 Å². The molecule has 0 unspecified atom stereocenters. The second-order valence-electron chi connectivity index (χ2n) is 7.82. The number of carbonyl (C=O) groups is 1. The number of benzene rings is 1. The normalized spacial score (nSPS) is 14.6. The lowest BCUT2D eigenvalue weighted by Gasteiger charge is -2.15. The van der Waals surface area contributed by atoms with Crippen LogP contribution in [0.25, 0.3) is 27.8 Å². The summed E-state index contributed by atoms with van der Waals surface area (Å²) in [4.78, 5) is 30.9. The molecule has 0 N–H and O–H groups in total. The molecule has 1 amide bonds. The van der Waals surface area contributed by atoms with Crippen LogP contribution in [-0.2, 0) is 13.2 Å². The average molecular weight is 441 g/mol. The first kappa shape index (κ1) is 20.2. The summed E-state index contributed by atoms with van der Waals surface area (Å²) in [5.74, 6) is -0.116. The molecule has 1 saturated heterocycles. The molecule has 3 aromatic heterocycles. The maximum atomic E-state index is 13.1. The molecule has 1 aliphatic rings. The Morgan fingerprint density at radius 2 is 1.81 bits per heavy atom. The van der Waals surface area contributed by atoms with Crippen LogP contribution in [0.5, 0.6) is 0 Å². The molecule has 0 spiro atoms. The second-order valence-corrected chi connectivity index (χ2v) is 7.82. The number of pyridine rings is 1. The van der Waals surface area contributed by atoms with Crippen LogP contribution < -0.4 is 5.56 Å². The van der Waals surface area contributed by atoms with E-state index in [4.69, 9.17) is 0 Å². The van der Waals surface area contributed by atoms with Gasteiger partial charge in [0.2, 0.25) is 0 Å². The standard InChI is InChI=1S/C22H18F3N5O2/c1-28-19-12-16(13-6-7-26-18(11-13)22(23,24)25)27-30(19)17-10-14(4-5-15(17)21(28)32)20(31)29-8-2-3-9-29/h4-7,10-12H,2-3,8-9H2,1H3. The van der Waals surface area contributed by atoms with Crippen molar-refractivity contribution in [3.63, 3.8) is 0 Å². The summed E-state index contributed by atoms with van der Waals surface area (Å²) in [7, 11) is 1.57. The van der Waals surface area contributed by atoms with Crippen molar-refractivity contribution in [2.75, 3.05) is 13.1 Å². The number of hydrogen-bond acceptors (Lipinski definition) is 4. The van der Waals surface area contributed by atoms with E-state index in [9.17, 15) is 22.8 Å². The summed E-state index contributed by atoms with van der Waals surface area (Å²) in [5.41, 5.74) is 0.430. The quantitative estimate of drug-likeness (QED) is 0.477. The monoisotopic (exact) mass is 441 g/mol. The van der Waals surface area contributed by atoms with Crippen LogP contribution in [0.1, 0.15) is 28.9 Å². The SMILES string of the molecule is Cn1c(=O)c2ccc(C(=O)N3CCCC3)cc2n2nc(-c3ccnc(C(F)(F)F)c3)cc12. The number of nitrogens with zero attached hydrogens (tertiary/aromatic N) is 5. The highest BCUT2D eigenvalue weighted by atomic mass is 19.4. The maximum absolute atomic E-state index is 13.1. The van der Waals surface area contributed by atoms with Crippen LogP contribution in [0.3, 0.4) is 0 Å². The molecular formula is C22H18F3N5O2. The number of aryl methyl sites for hydroxylation is 1. The van der Waals surface area contributed by atoms with Crippen molar-refractivity contribution >= 4 is 22.5 Å². The molecule has 0 atom stereocenters. The van der Waals surface area contributed by atoms with Gasteiger partial charge in [-0.1, -0.05) is 0 Å². The van der Waals surface area contributed by atoms with Gasteiger partial charge < -0.3 is 4.90 Å². The number of carbonyl (C=O) groups excluding carboxylic acids is 1. The van der Waals surface area contributed by atoms with Gasteiger partial charge in [-0.3, -0.25) is 19.1 Å². The minimum Gasteiger partial charge on any atom is -0.339 e. The lowest BCUT2D eigenvalue weighted by atomic mass is 10.1. The second kappa shape index (κ2) is 7.18. The molecule has 164 valence electrons. The fourth-order valence-electron chi connectivity index (χ4n) is 4.08. The van der Waals surface area contributed by atoms with Crippen LogP contribution in [0.2, 0.25) is 0 Å². The highest BCUT2D eigenvalue weighted by Gasteiger charge is 2.32. The van der Waals surface area contributed by atoms with E-state index < -0.39 is 11.9 Å². The third kappa shape index (κ3) is 3.22. The number of amides is 1. The zero-order valence-corrected chi connectivity index (χ0v) is 17.1. The number of alkyl halides is 3. The van der Waals surface area contributed by atoms with E-state index in [0.717, 1.165) is 25.1 Å². The molecule has 0 radical (unpaired) electrons. The fraction of sp³-hybridized carbons (Fsp3) is 0.273. The van der Waals surface area contributed by atoms with Crippen LogP contribution in [0.4, 0.5) is 13.2 Å². The van der Waals surface area contributed by atoms with Crippen molar-refractivity contribution < 1.29 is 18.0 Å². The van der Waals surface area contributed by atoms with Crippen LogP contribution in [0.15, 0.2) is 47.4 Å². The zero-order chi connectivity index (χ0) is 22.6. The van der Waals surface area contributed by atoms with Gasteiger partial charge in [0.15, 0.2) is 0 Å². The molecule has 7 nitrogen and oxygen atoms in total. The minimum atomic E-state index is -4.58. The van der Waals surface area contributed by atoms with Gasteiger partial charge >= 0.3 is 6.18 Å². The molecule has 32 heavy (non-hydrogen) atoms. The van der Waals surface area contributed by atoms with E-state index >= 15 is 0 Å². The van der Waals surface area contributed by atoms with Crippen molar-refractivity contribution in [1.82, 2.24) is 24.1 Å². The average Bonchev–Trinajstić information content (AvgIpc) is 3.47. The molecule has 4 heterocycles. The van der Waals surface area contributed by atoms with Gasteiger partial charge in [-0.15, -0.1) is 0 Å². The molecule has 0 aliphatic carbocycles. The lowest BCUT2D eigenvalue weighted by Crippen LogP contribution is -2.28. The number of fused-ring (bicyclic) bond motifs is 3. The first-order chi connectivity index (χ1) is 15.2. The lowest BCUT2D eigenvalue weighted by molar-refractivity contribution is -0.141. The third-order valence-electron chi connectivity index (χ3n) is 5.78. The Labute approximate surface area is 179 Å². The molecule has 4 aromatic rings. The molecule has 10 heteroatoms. The Hall–Kier alpha value is -3.69. The smallest absolute Gasteiger partial charge is 0.339 e. The first-order valence-electron chi connectivity index (χ1n) is 10.1. The Bertz CT molecular complexity index is 1430. The summed E-state index contributed by atoms with van der Waals surface area (Å²) in [5, 5.41) is 4.83. The molecule has 0 saturated carbocycles. The van der Waals surface area contributed by atoms with Gasteiger partial charge in [0.05, 0.1) is 16.6 Å². The molecule has 1 fully saturated rings. The Morgan fingerprint density at radius 1 is 1.06 bits per heavy atom. The first-order valence-corrected chi connectivity index (χ1v) is 10.1. The Balaban J connectivity index is 1.70. The van der Waals surface area contributed by atoms with Crippen molar-refractivity contribution in [2.24, 2.45) is 7.05 Å². The maximum Gasteiger partial charge on any atom is 0.433 e. The topological polar surface area (TPSA) is 72.5 Å². The van der Waals surface area contributed by atoms with Crippen LogP contribution >= 0.6 is 0 Å². The molecule has 1 aromatic carbocycles. The minimum absolute atomic E-state index is 0.116. The highest BCUT2D eigenvalue weighted by Crippen LogP contribution is 2.30. The van der Waals surface area contributed by atoms with E-state index in [1.807, 2.05) is 0 Å². The molecule has 5 rings (SSSR count). The largest absolute Gasteiger partial charge is 0.433 e. The number of hydrogen-bond donors (Lipinski definition) is 0. The van der Waals surface area contributed by atoms with Crippen LogP contribution in [-0.4, -0.2) is 43.1 Å². The van der Waals surface area contributed by atoms with E-state index in [2.05, 4.69) is 10.1 Å². The van der Waals surface area contributed by atoms with E-state index in [1.54, 1.807) is 36.2 Å². The summed E-state index contributed by atoms with van der Waals surface area (Å²) in [6.45, 7) is 1.39. The van der Waals surface area contributed by atoms with Crippen LogP contribution in [0, 0.1) is 0 Å². The Kier molecular flexibility index (Phi) is 4.54. The van der Waals surface area contributed by atoms with Gasteiger partial charge in [-0.25, -0.2) is 4.52 Å². The Morgan fingerprint density at radius 3 is 2.53 bits per heavy atom. The van der Waals surface area contributed by atoms with Crippen molar-refractivity contribution in [3.8, 4) is 11.3 Å². The summed E-state index contributed by atoms with van der Waals surface area (Å²) < 4.78 is 42.1. The number of likely N-dealkylation sites (tertiary alicyclic amines) is 1. The van der Waals surface area contributed by atoms with E-state index in [1.165, 1.54) is 15.1 Å². The summed E-state index contributed by atoms with van der Waals surface area (Å²) >= 11 is 0. The number of halogens is 3. The predicted octanol–water partition coefficient (Wildman–Crippen LogP) is 3.50. The van der Waals surface area contributed by atoms with Gasteiger partial charge in [-0.05, 0) is 43.2 Å². The van der Waals surface area contributed by atoms with Crippen molar-refractivity contribution in [1.29, 1.82) is 0 Å². The van der Waals surface area contributed by atoms with Gasteiger partial charge in [0, 0.05) is 43.5 Å². The van der Waals surface area contributed by atoms with E-state index in [0.29, 0.717) is 35.2 Å². The number of aromatic nitrogens is 4. The number of rotatable bonds is 2. The van der Waals surface area contributed by atoms with Crippen molar-refractivity contribution in [2.45, 2.75) is 19.0 Å². The van der Waals surface area contributed by atoms with Crippen molar-refractivity contribution in [3.05, 3.63) is 64.2 Å². The summed E-state index contributed by atoms with van der Waals surface area (Å²) in [6, 6.07) is 8.74. The molecule has 1 aliphatic heterocycles. The third-order valence-corrected chi connectivity index (χ3v) is 5.78. The zero-order valence-electron chi connectivity index (χ0n) is 17.1.